The zero-order chi connectivity index (χ0) is 23.7. The number of benzene rings is 2. The lowest BCUT2D eigenvalue weighted by Gasteiger charge is -2.38. The molecule has 3 heterocycles. The van der Waals surface area contributed by atoms with Crippen molar-refractivity contribution in [2.24, 2.45) is 0 Å². The predicted molar refractivity (Wildman–Crippen MR) is 128 cm³/mol. The topological polar surface area (TPSA) is 116 Å². The van der Waals surface area contributed by atoms with Gasteiger partial charge in [0.05, 0.1) is 23.0 Å². The number of piperazine rings is 2. The summed E-state index contributed by atoms with van der Waals surface area (Å²) in [5, 5.41) is 2.70. The van der Waals surface area contributed by atoms with Crippen LogP contribution >= 0.6 is 11.7 Å². The third-order valence-electron chi connectivity index (χ3n) is 6.24. The van der Waals surface area contributed by atoms with Crippen molar-refractivity contribution >= 4 is 50.3 Å². The molecule has 1 atom stereocenters. The second kappa shape index (κ2) is 9.28. The van der Waals surface area contributed by atoms with Gasteiger partial charge in [-0.1, -0.05) is 18.2 Å². The maximum Gasteiger partial charge on any atom is 0.243 e. The SMILES string of the molecule is O=C1NCCN(S(=O)(=O)c2ccc3nsnc3c2)[C@H]1CC(=O)N1CCN(c2ccccc2)CC1. The summed E-state index contributed by atoms with van der Waals surface area (Å²) >= 11 is 1.01. The molecule has 0 radical (unpaired) electrons. The van der Waals surface area contributed by atoms with E-state index >= 15 is 0 Å². The van der Waals surface area contributed by atoms with Crippen molar-refractivity contribution in [1.82, 2.24) is 23.3 Å². The van der Waals surface area contributed by atoms with Crippen molar-refractivity contribution in [2.45, 2.75) is 17.4 Å². The van der Waals surface area contributed by atoms with Crippen LogP contribution in [0.3, 0.4) is 0 Å². The summed E-state index contributed by atoms with van der Waals surface area (Å²) in [6, 6.07) is 13.4. The number of fused-ring (bicyclic) bond motifs is 1. The molecule has 2 aliphatic heterocycles. The van der Waals surface area contributed by atoms with E-state index in [1.165, 1.54) is 12.1 Å². The highest BCUT2D eigenvalue weighted by atomic mass is 32.2. The van der Waals surface area contributed by atoms with E-state index in [0.717, 1.165) is 21.7 Å². The standard InChI is InChI=1S/C22H24N6O4S2/c29-21(27-12-10-26(11-13-27)16-4-2-1-3-5-16)15-20-22(30)23-8-9-28(20)34(31,32)17-6-7-18-19(14-17)25-33-24-18/h1-7,14,20H,8-13,15H2,(H,23,30)/t20-/m0/s1. The number of sulfonamides is 1. The van der Waals surface area contributed by atoms with Gasteiger partial charge in [-0.2, -0.15) is 13.1 Å². The zero-order valence-electron chi connectivity index (χ0n) is 18.3. The molecular formula is C22H24N6O4S2. The van der Waals surface area contributed by atoms with Crippen LogP contribution in [0.4, 0.5) is 5.69 Å². The van der Waals surface area contributed by atoms with Crippen LogP contribution in [0.25, 0.3) is 11.0 Å². The van der Waals surface area contributed by atoms with Gasteiger partial charge in [0, 0.05) is 45.0 Å². The molecule has 0 aliphatic carbocycles. The molecule has 3 aromatic rings. The van der Waals surface area contributed by atoms with Crippen molar-refractivity contribution in [1.29, 1.82) is 0 Å². The highest BCUT2D eigenvalue weighted by Gasteiger charge is 2.40. The monoisotopic (exact) mass is 500 g/mol. The third-order valence-corrected chi connectivity index (χ3v) is 8.70. The molecule has 178 valence electrons. The predicted octanol–water partition coefficient (Wildman–Crippen LogP) is 0.919. The maximum atomic E-state index is 13.4. The summed E-state index contributed by atoms with van der Waals surface area (Å²) in [5.41, 5.74) is 2.20. The highest BCUT2D eigenvalue weighted by molar-refractivity contribution is 7.89. The second-order valence-electron chi connectivity index (χ2n) is 8.24. The first-order valence-corrected chi connectivity index (χ1v) is 13.2. The lowest BCUT2D eigenvalue weighted by molar-refractivity contribution is -0.137. The Morgan fingerprint density at radius 2 is 1.74 bits per heavy atom. The minimum atomic E-state index is -4.00. The maximum absolute atomic E-state index is 13.4. The van der Waals surface area contributed by atoms with Crippen molar-refractivity contribution in [2.75, 3.05) is 44.2 Å². The Morgan fingerprint density at radius 3 is 2.50 bits per heavy atom. The lowest BCUT2D eigenvalue weighted by Crippen LogP contribution is -2.59. The third kappa shape index (κ3) is 4.36. The summed E-state index contributed by atoms with van der Waals surface area (Å²) in [5.74, 6) is -0.684. The van der Waals surface area contributed by atoms with E-state index in [9.17, 15) is 18.0 Å². The Kier molecular flexibility index (Phi) is 6.19. The van der Waals surface area contributed by atoms with Crippen LogP contribution in [-0.4, -0.2) is 83.5 Å². The summed E-state index contributed by atoms with van der Waals surface area (Å²) in [7, 11) is -4.00. The average Bonchev–Trinajstić information content (AvgIpc) is 3.34. The molecule has 10 nitrogen and oxygen atoms in total. The fraction of sp³-hybridized carbons (Fsp3) is 0.364. The van der Waals surface area contributed by atoms with Crippen LogP contribution in [0.2, 0.25) is 0 Å². The van der Waals surface area contributed by atoms with E-state index in [1.807, 2.05) is 30.3 Å². The number of carbonyl (C=O) groups is 2. The molecule has 5 rings (SSSR count). The van der Waals surface area contributed by atoms with Crippen molar-refractivity contribution in [3.63, 3.8) is 0 Å². The van der Waals surface area contributed by atoms with Gasteiger partial charge in [0.25, 0.3) is 0 Å². The molecule has 1 aromatic heterocycles. The quantitative estimate of drug-likeness (QED) is 0.554. The number of hydrogen-bond acceptors (Lipinski definition) is 8. The lowest BCUT2D eigenvalue weighted by atomic mass is 10.1. The molecule has 2 aromatic carbocycles. The molecule has 2 aliphatic rings. The van der Waals surface area contributed by atoms with Gasteiger partial charge in [-0.3, -0.25) is 9.59 Å². The van der Waals surface area contributed by atoms with Crippen LogP contribution < -0.4 is 10.2 Å². The Balaban J connectivity index is 1.30. The molecule has 1 N–H and O–H groups in total. The van der Waals surface area contributed by atoms with Crippen molar-refractivity contribution < 1.29 is 18.0 Å². The van der Waals surface area contributed by atoms with Crippen LogP contribution in [0.15, 0.2) is 53.4 Å². The molecule has 2 saturated heterocycles. The molecule has 12 heteroatoms. The van der Waals surface area contributed by atoms with E-state index in [1.54, 1.807) is 11.0 Å². The van der Waals surface area contributed by atoms with Crippen molar-refractivity contribution in [3.05, 3.63) is 48.5 Å². The number of amides is 2. The van der Waals surface area contributed by atoms with E-state index < -0.39 is 22.0 Å². The Labute approximate surface area is 201 Å². The number of para-hydroxylation sites is 1. The summed E-state index contributed by atoms with van der Waals surface area (Å²) in [6.07, 6.45) is -0.198. The van der Waals surface area contributed by atoms with Crippen LogP contribution in [0.5, 0.6) is 0 Å². The van der Waals surface area contributed by atoms with Gasteiger partial charge in [0.2, 0.25) is 21.8 Å². The molecule has 2 amide bonds. The number of rotatable bonds is 5. The first-order chi connectivity index (χ1) is 16.4. The first-order valence-electron chi connectivity index (χ1n) is 11.0. The Morgan fingerprint density at radius 1 is 1.00 bits per heavy atom. The summed E-state index contributed by atoms with van der Waals surface area (Å²) in [4.78, 5) is 29.7. The van der Waals surface area contributed by atoms with Crippen LogP contribution in [0, 0.1) is 0 Å². The van der Waals surface area contributed by atoms with Gasteiger partial charge in [-0.25, -0.2) is 8.42 Å². The van der Waals surface area contributed by atoms with Gasteiger partial charge >= 0.3 is 0 Å². The average molecular weight is 501 g/mol. The molecular weight excluding hydrogens is 476 g/mol. The molecule has 0 unspecified atom stereocenters. The summed E-state index contributed by atoms with van der Waals surface area (Å²) < 4.78 is 36.2. The Hall–Kier alpha value is -3.09. The van der Waals surface area contributed by atoms with Crippen molar-refractivity contribution in [3.8, 4) is 0 Å². The summed E-state index contributed by atoms with van der Waals surface area (Å²) in [6.45, 7) is 2.68. The van der Waals surface area contributed by atoms with Gasteiger partial charge in [-0.05, 0) is 30.3 Å². The molecule has 0 bridgehead atoms. The van der Waals surface area contributed by atoms with Gasteiger partial charge < -0.3 is 15.1 Å². The van der Waals surface area contributed by atoms with Gasteiger partial charge in [0.1, 0.15) is 17.1 Å². The number of hydrogen-bond donors (Lipinski definition) is 1. The normalized spacial score (nSPS) is 19.9. The van der Waals surface area contributed by atoms with E-state index in [0.29, 0.717) is 37.2 Å². The fourth-order valence-electron chi connectivity index (χ4n) is 4.38. The van der Waals surface area contributed by atoms with Crippen LogP contribution in [0.1, 0.15) is 6.42 Å². The number of nitrogens with zero attached hydrogens (tertiary/aromatic N) is 5. The number of carbonyl (C=O) groups excluding carboxylic acids is 2. The molecule has 34 heavy (non-hydrogen) atoms. The molecule has 2 fully saturated rings. The number of aromatic nitrogens is 2. The molecule has 0 saturated carbocycles. The highest BCUT2D eigenvalue weighted by Crippen LogP contribution is 2.25. The minimum Gasteiger partial charge on any atom is -0.368 e. The fourth-order valence-corrected chi connectivity index (χ4v) is 6.51. The van der Waals surface area contributed by atoms with E-state index in [4.69, 9.17) is 0 Å². The van der Waals surface area contributed by atoms with Crippen LogP contribution in [-0.2, 0) is 19.6 Å². The minimum absolute atomic E-state index is 0.0383. The van der Waals surface area contributed by atoms with E-state index in [-0.39, 0.29) is 30.3 Å². The smallest absolute Gasteiger partial charge is 0.243 e. The van der Waals surface area contributed by atoms with E-state index in [2.05, 4.69) is 19.0 Å². The second-order valence-corrected chi connectivity index (χ2v) is 10.7. The largest absolute Gasteiger partial charge is 0.368 e. The van der Waals surface area contributed by atoms with Gasteiger partial charge in [-0.15, -0.1) is 0 Å². The first kappa shape index (κ1) is 22.7. The molecule has 0 spiro atoms. The Bertz CT molecular complexity index is 1310. The zero-order valence-corrected chi connectivity index (χ0v) is 20.0. The number of anilines is 1. The number of nitrogens with one attached hydrogen (secondary N) is 1. The van der Waals surface area contributed by atoms with Gasteiger partial charge in [0.15, 0.2) is 0 Å².